The number of hydrogen-bond acceptors (Lipinski definition) is 2. The summed E-state index contributed by atoms with van der Waals surface area (Å²) in [5, 5.41) is 4.07. The molecule has 25 heavy (non-hydrogen) atoms. The molecule has 0 atom stereocenters. The fourth-order valence-corrected chi connectivity index (χ4v) is 3.19. The third kappa shape index (κ3) is 3.99. The Kier molecular flexibility index (Phi) is 5.33. The van der Waals surface area contributed by atoms with Crippen LogP contribution in [0.4, 0.5) is 0 Å². The Morgan fingerprint density at radius 2 is 1.76 bits per heavy atom. The Bertz CT molecular complexity index is 924. The van der Waals surface area contributed by atoms with Gasteiger partial charge in [-0.25, -0.2) is 5.43 Å². The van der Waals surface area contributed by atoms with Crippen molar-refractivity contribution in [2.75, 3.05) is 0 Å². The fraction of sp³-hybridized carbons (Fsp3) is 0.100. The topological polar surface area (TPSA) is 46.4 Å². The van der Waals surface area contributed by atoms with E-state index in [4.69, 9.17) is 0 Å². The average molecular weight is 443 g/mol. The Hall–Kier alpha value is -2.41. The summed E-state index contributed by atoms with van der Waals surface area (Å²) in [5.41, 5.74) is 7.37. The molecule has 0 aliphatic carbocycles. The second-order valence-electron chi connectivity index (χ2n) is 5.72. The number of carbonyl (C=O) groups excluding carboxylic acids is 1. The monoisotopic (exact) mass is 443 g/mol. The van der Waals surface area contributed by atoms with E-state index < -0.39 is 0 Å². The molecule has 4 nitrogen and oxygen atoms in total. The van der Waals surface area contributed by atoms with Crippen molar-refractivity contribution >= 4 is 34.7 Å². The lowest BCUT2D eigenvalue weighted by molar-refractivity contribution is 0.0955. The molecule has 1 heterocycles. The van der Waals surface area contributed by atoms with Gasteiger partial charge in [-0.3, -0.25) is 4.79 Å². The molecule has 0 spiro atoms. The maximum atomic E-state index is 12.4. The number of amides is 1. The smallest absolute Gasteiger partial charge is 0.271 e. The summed E-state index contributed by atoms with van der Waals surface area (Å²) in [7, 11) is 0. The van der Waals surface area contributed by atoms with Gasteiger partial charge in [-0.05, 0) is 72.8 Å². The van der Waals surface area contributed by atoms with Gasteiger partial charge in [-0.15, -0.1) is 0 Å². The molecule has 0 bridgehead atoms. The molecule has 5 heteroatoms. The predicted octanol–water partition coefficient (Wildman–Crippen LogP) is 4.46. The lowest BCUT2D eigenvalue weighted by Gasteiger charge is -2.10. The van der Waals surface area contributed by atoms with Crippen LogP contribution in [0.2, 0.25) is 0 Å². The first-order valence-corrected chi connectivity index (χ1v) is 8.97. The molecule has 0 unspecified atom stereocenters. The molecule has 0 saturated heterocycles. The highest BCUT2D eigenvalue weighted by atomic mass is 127. The summed E-state index contributed by atoms with van der Waals surface area (Å²) in [5.74, 6) is -0.230. The van der Waals surface area contributed by atoms with Crippen molar-refractivity contribution in [2.45, 2.75) is 13.8 Å². The second-order valence-corrected chi connectivity index (χ2v) is 6.88. The van der Waals surface area contributed by atoms with Crippen molar-refractivity contribution in [1.82, 2.24) is 9.99 Å². The molecule has 2 aromatic carbocycles. The van der Waals surface area contributed by atoms with Gasteiger partial charge in [0.15, 0.2) is 0 Å². The quantitative estimate of drug-likeness (QED) is 0.361. The fourth-order valence-electron chi connectivity index (χ4n) is 2.67. The van der Waals surface area contributed by atoms with Crippen molar-refractivity contribution in [3.05, 3.63) is 86.7 Å². The summed E-state index contributed by atoms with van der Waals surface area (Å²) in [4.78, 5) is 12.4. The van der Waals surface area contributed by atoms with Crippen molar-refractivity contribution < 1.29 is 4.79 Å². The van der Waals surface area contributed by atoms with Crippen LogP contribution < -0.4 is 5.43 Å². The molecule has 0 fully saturated rings. The van der Waals surface area contributed by atoms with E-state index in [9.17, 15) is 4.79 Å². The van der Waals surface area contributed by atoms with Crippen molar-refractivity contribution in [2.24, 2.45) is 5.10 Å². The highest BCUT2D eigenvalue weighted by molar-refractivity contribution is 14.1. The van der Waals surface area contributed by atoms with Gasteiger partial charge in [0.25, 0.3) is 5.91 Å². The van der Waals surface area contributed by atoms with Crippen LogP contribution >= 0.6 is 22.6 Å². The molecular formula is C20H18IN3O. The summed E-state index contributed by atoms with van der Waals surface area (Å²) < 4.78 is 3.20. The number of aromatic nitrogens is 1. The van der Waals surface area contributed by atoms with Crippen molar-refractivity contribution in [3.8, 4) is 5.69 Å². The lowest BCUT2D eigenvalue weighted by Crippen LogP contribution is -2.18. The van der Waals surface area contributed by atoms with Gasteiger partial charge in [0.1, 0.15) is 0 Å². The van der Waals surface area contributed by atoms with E-state index in [-0.39, 0.29) is 5.91 Å². The largest absolute Gasteiger partial charge is 0.318 e. The van der Waals surface area contributed by atoms with Gasteiger partial charge < -0.3 is 4.57 Å². The van der Waals surface area contributed by atoms with E-state index in [2.05, 4.69) is 49.8 Å². The van der Waals surface area contributed by atoms with E-state index in [1.807, 2.05) is 56.3 Å². The number of nitrogens with zero attached hydrogens (tertiary/aromatic N) is 2. The van der Waals surface area contributed by atoms with E-state index in [1.54, 1.807) is 12.3 Å². The van der Waals surface area contributed by atoms with Crippen LogP contribution in [0.5, 0.6) is 0 Å². The predicted molar refractivity (Wildman–Crippen MR) is 109 cm³/mol. The van der Waals surface area contributed by atoms with E-state index in [0.717, 1.165) is 26.2 Å². The molecule has 3 aromatic rings. The second kappa shape index (κ2) is 7.65. The molecule has 0 radical (unpaired) electrons. The van der Waals surface area contributed by atoms with Crippen molar-refractivity contribution in [3.63, 3.8) is 0 Å². The molecule has 126 valence electrons. The van der Waals surface area contributed by atoms with E-state index in [0.29, 0.717) is 5.56 Å². The third-order valence-corrected chi connectivity index (χ3v) is 4.90. The van der Waals surface area contributed by atoms with Gasteiger partial charge in [0.05, 0.1) is 6.21 Å². The summed E-state index contributed by atoms with van der Waals surface area (Å²) in [6, 6.07) is 19.5. The summed E-state index contributed by atoms with van der Waals surface area (Å²) in [6.07, 6.45) is 1.66. The molecule has 0 saturated carbocycles. The van der Waals surface area contributed by atoms with E-state index >= 15 is 0 Å². The Labute approximate surface area is 160 Å². The number of aryl methyl sites for hydroxylation is 2. The minimum Gasteiger partial charge on any atom is -0.318 e. The zero-order valence-electron chi connectivity index (χ0n) is 14.0. The first kappa shape index (κ1) is 17.4. The zero-order valence-corrected chi connectivity index (χ0v) is 16.2. The molecule has 0 aliphatic rings. The maximum Gasteiger partial charge on any atom is 0.271 e. The highest BCUT2D eigenvalue weighted by Crippen LogP contribution is 2.17. The average Bonchev–Trinajstić information content (AvgIpc) is 2.95. The molecule has 0 aliphatic heterocycles. The molecule has 3 rings (SSSR count). The minimum absolute atomic E-state index is 0.230. The number of hydrogen-bond donors (Lipinski definition) is 1. The lowest BCUT2D eigenvalue weighted by atomic mass is 10.2. The molecular weight excluding hydrogens is 425 g/mol. The summed E-state index contributed by atoms with van der Waals surface area (Å²) >= 11 is 2.24. The van der Waals surface area contributed by atoms with Crippen LogP contribution in [-0.4, -0.2) is 16.7 Å². The Balaban J connectivity index is 1.77. The van der Waals surface area contributed by atoms with Gasteiger partial charge in [-0.1, -0.05) is 24.3 Å². The number of benzene rings is 2. The molecule has 1 N–H and O–H groups in total. The van der Waals surface area contributed by atoms with Crippen LogP contribution in [0.3, 0.4) is 0 Å². The van der Waals surface area contributed by atoms with Gasteiger partial charge in [0.2, 0.25) is 0 Å². The van der Waals surface area contributed by atoms with Gasteiger partial charge >= 0.3 is 0 Å². The van der Waals surface area contributed by atoms with Crippen molar-refractivity contribution in [1.29, 1.82) is 0 Å². The standard InChI is InChI=1S/C20H18IN3O/c1-14-10-11-15(2)24(14)18-8-5-7-16(12-18)20(25)23-22-13-17-6-3-4-9-19(17)21/h3-13H,1-2H3,(H,23,25)/b22-13-. The van der Waals surface area contributed by atoms with Crippen LogP contribution in [-0.2, 0) is 0 Å². The number of carbonyl (C=O) groups is 1. The third-order valence-electron chi connectivity index (χ3n) is 3.91. The Morgan fingerprint density at radius 1 is 1.04 bits per heavy atom. The normalized spacial score (nSPS) is 11.0. The SMILES string of the molecule is Cc1ccc(C)n1-c1cccc(C(=O)N/N=C\c2ccccc2I)c1. The number of halogens is 1. The maximum absolute atomic E-state index is 12.4. The van der Waals surface area contributed by atoms with Crippen LogP contribution in [0, 0.1) is 17.4 Å². The first-order valence-electron chi connectivity index (χ1n) is 7.89. The van der Waals surface area contributed by atoms with Crippen LogP contribution in [0.25, 0.3) is 5.69 Å². The van der Waals surface area contributed by atoms with Gasteiger partial charge in [0, 0.05) is 31.8 Å². The Morgan fingerprint density at radius 3 is 2.48 bits per heavy atom. The zero-order chi connectivity index (χ0) is 17.8. The number of nitrogens with one attached hydrogen (secondary N) is 1. The molecule has 1 aromatic heterocycles. The van der Waals surface area contributed by atoms with Crippen LogP contribution in [0.15, 0.2) is 65.8 Å². The minimum atomic E-state index is -0.230. The number of hydrazone groups is 1. The summed E-state index contributed by atoms with van der Waals surface area (Å²) in [6.45, 7) is 4.09. The number of rotatable bonds is 4. The first-order chi connectivity index (χ1) is 12.1. The van der Waals surface area contributed by atoms with E-state index in [1.165, 1.54) is 0 Å². The highest BCUT2D eigenvalue weighted by Gasteiger charge is 2.08. The molecule has 1 amide bonds. The van der Waals surface area contributed by atoms with Gasteiger partial charge in [-0.2, -0.15) is 5.10 Å². The van der Waals surface area contributed by atoms with Crippen LogP contribution in [0.1, 0.15) is 27.3 Å².